The van der Waals surface area contributed by atoms with E-state index in [0.717, 1.165) is 0 Å². The fourth-order valence-corrected chi connectivity index (χ4v) is 3.12. The summed E-state index contributed by atoms with van der Waals surface area (Å²) in [6.45, 7) is 4.13. The maximum Gasteiger partial charge on any atom is 0.475 e. The fraction of sp³-hybridized carbons (Fsp3) is 0.529. The van der Waals surface area contributed by atoms with Crippen molar-refractivity contribution in [2.75, 3.05) is 13.7 Å². The molecule has 1 unspecified atom stereocenters. The summed E-state index contributed by atoms with van der Waals surface area (Å²) in [7, 11) is -0.0986. The number of nitrogens with zero attached hydrogens (tertiary/aromatic N) is 1. The summed E-state index contributed by atoms with van der Waals surface area (Å²) in [5, 5.41) is 21.7. The summed E-state index contributed by atoms with van der Waals surface area (Å²) in [4.78, 5) is 27.0. The van der Waals surface area contributed by atoms with Gasteiger partial charge in [0.15, 0.2) is 0 Å². The molecule has 2 atom stereocenters. The largest absolute Gasteiger partial charge is 0.496 e. The monoisotopic (exact) mass is 348 g/mol. The SMILES string of the molecule is COc1ccccc1C(=O)N[C@@H](C(=O)N1CCCC1B(O)O)C(C)C. The van der Waals surface area contributed by atoms with E-state index >= 15 is 0 Å². The lowest BCUT2D eigenvalue weighted by Crippen LogP contribution is -2.55. The third kappa shape index (κ3) is 4.32. The molecule has 1 aliphatic heterocycles. The first-order valence-corrected chi connectivity index (χ1v) is 8.47. The maximum absolute atomic E-state index is 12.9. The molecule has 0 aliphatic carbocycles. The average molecular weight is 348 g/mol. The van der Waals surface area contributed by atoms with Crippen molar-refractivity contribution in [3.63, 3.8) is 0 Å². The van der Waals surface area contributed by atoms with Crippen LogP contribution in [0.25, 0.3) is 0 Å². The van der Waals surface area contributed by atoms with Gasteiger partial charge in [0.05, 0.1) is 18.6 Å². The number of rotatable bonds is 6. The molecular formula is C17H25BN2O5. The lowest BCUT2D eigenvalue weighted by Gasteiger charge is -2.30. The van der Waals surface area contributed by atoms with Gasteiger partial charge in [0, 0.05) is 6.54 Å². The van der Waals surface area contributed by atoms with Crippen molar-refractivity contribution in [3.8, 4) is 5.75 Å². The van der Waals surface area contributed by atoms with E-state index in [1.54, 1.807) is 24.3 Å². The van der Waals surface area contributed by atoms with Gasteiger partial charge in [-0.25, -0.2) is 0 Å². The predicted molar refractivity (Wildman–Crippen MR) is 94.0 cm³/mol. The minimum atomic E-state index is -1.58. The Hall–Kier alpha value is -2.06. The molecule has 8 heteroatoms. The first kappa shape index (κ1) is 19.3. The highest BCUT2D eigenvalue weighted by Crippen LogP contribution is 2.22. The van der Waals surface area contributed by atoms with Gasteiger partial charge in [0.1, 0.15) is 11.8 Å². The predicted octanol–water partition coefficient (Wildman–Crippen LogP) is 0.453. The van der Waals surface area contributed by atoms with Crippen LogP contribution in [0.4, 0.5) is 0 Å². The molecule has 0 radical (unpaired) electrons. The van der Waals surface area contributed by atoms with Gasteiger partial charge >= 0.3 is 7.12 Å². The van der Waals surface area contributed by atoms with E-state index in [9.17, 15) is 19.6 Å². The summed E-state index contributed by atoms with van der Waals surface area (Å²) in [5.74, 6) is -1.04. The van der Waals surface area contributed by atoms with E-state index in [4.69, 9.17) is 4.74 Å². The molecule has 0 aromatic heterocycles. The molecule has 1 saturated heterocycles. The van der Waals surface area contributed by atoms with Crippen LogP contribution in [0.5, 0.6) is 5.75 Å². The Kier molecular flexibility index (Phi) is 6.44. The number of nitrogens with one attached hydrogen (secondary N) is 1. The van der Waals surface area contributed by atoms with Gasteiger partial charge in [0.2, 0.25) is 5.91 Å². The van der Waals surface area contributed by atoms with Gasteiger partial charge < -0.3 is 25.0 Å². The number of hydrogen-bond donors (Lipinski definition) is 3. The van der Waals surface area contributed by atoms with Crippen molar-refractivity contribution < 1.29 is 24.4 Å². The molecule has 0 spiro atoms. The van der Waals surface area contributed by atoms with Crippen LogP contribution >= 0.6 is 0 Å². The van der Waals surface area contributed by atoms with Gasteiger partial charge in [-0.2, -0.15) is 0 Å². The zero-order chi connectivity index (χ0) is 18.6. The van der Waals surface area contributed by atoms with Crippen molar-refractivity contribution >= 4 is 18.9 Å². The fourth-order valence-electron chi connectivity index (χ4n) is 3.12. The number of para-hydroxylation sites is 1. The van der Waals surface area contributed by atoms with Crippen LogP contribution in [-0.2, 0) is 4.79 Å². The van der Waals surface area contributed by atoms with E-state index in [1.807, 2.05) is 13.8 Å². The molecule has 1 aliphatic rings. The molecule has 2 amide bonds. The molecule has 1 fully saturated rings. The summed E-state index contributed by atoms with van der Waals surface area (Å²) in [6.07, 6.45) is 1.24. The summed E-state index contributed by atoms with van der Waals surface area (Å²) < 4.78 is 5.20. The quantitative estimate of drug-likeness (QED) is 0.649. The van der Waals surface area contributed by atoms with Crippen molar-refractivity contribution in [3.05, 3.63) is 29.8 Å². The van der Waals surface area contributed by atoms with Crippen LogP contribution in [0, 0.1) is 5.92 Å². The number of hydrogen-bond acceptors (Lipinski definition) is 5. The Morgan fingerprint density at radius 1 is 1.32 bits per heavy atom. The van der Waals surface area contributed by atoms with E-state index < -0.39 is 25.0 Å². The normalized spacial score (nSPS) is 18.2. The van der Waals surface area contributed by atoms with Crippen LogP contribution < -0.4 is 10.1 Å². The van der Waals surface area contributed by atoms with Gasteiger partial charge in [-0.1, -0.05) is 26.0 Å². The summed E-state index contributed by atoms with van der Waals surface area (Å²) >= 11 is 0. The van der Waals surface area contributed by atoms with Crippen LogP contribution in [0.2, 0.25) is 0 Å². The number of benzene rings is 1. The number of ether oxygens (including phenoxy) is 1. The van der Waals surface area contributed by atoms with Crippen molar-refractivity contribution in [2.24, 2.45) is 5.92 Å². The molecule has 25 heavy (non-hydrogen) atoms. The Bertz CT molecular complexity index is 623. The number of methoxy groups -OCH3 is 1. The third-order valence-corrected chi connectivity index (χ3v) is 4.50. The average Bonchev–Trinajstić information content (AvgIpc) is 3.08. The van der Waals surface area contributed by atoms with Crippen molar-refractivity contribution in [1.82, 2.24) is 10.2 Å². The van der Waals surface area contributed by atoms with Gasteiger partial charge in [-0.05, 0) is 30.9 Å². The molecule has 1 aromatic carbocycles. The maximum atomic E-state index is 12.9. The Morgan fingerprint density at radius 3 is 2.60 bits per heavy atom. The van der Waals surface area contributed by atoms with E-state index in [0.29, 0.717) is 30.7 Å². The first-order chi connectivity index (χ1) is 11.9. The highest BCUT2D eigenvalue weighted by atomic mass is 16.5. The second-order valence-electron chi connectivity index (χ2n) is 6.55. The molecular weight excluding hydrogens is 323 g/mol. The lowest BCUT2D eigenvalue weighted by molar-refractivity contribution is -0.134. The smallest absolute Gasteiger partial charge is 0.475 e. The Balaban J connectivity index is 2.18. The van der Waals surface area contributed by atoms with Gasteiger partial charge in [-0.15, -0.1) is 0 Å². The molecule has 7 nitrogen and oxygen atoms in total. The molecule has 136 valence electrons. The zero-order valence-electron chi connectivity index (χ0n) is 14.8. The number of likely N-dealkylation sites (tertiary alicyclic amines) is 1. The van der Waals surface area contributed by atoms with Crippen LogP contribution in [0.1, 0.15) is 37.0 Å². The molecule has 3 N–H and O–H groups in total. The minimum absolute atomic E-state index is 0.150. The van der Waals surface area contributed by atoms with Gasteiger partial charge in [0.25, 0.3) is 5.91 Å². The molecule has 2 rings (SSSR count). The Morgan fingerprint density at radius 2 is 2.00 bits per heavy atom. The van der Waals surface area contributed by atoms with E-state index in [1.165, 1.54) is 12.0 Å². The molecule has 0 bridgehead atoms. The molecule has 1 aromatic rings. The highest BCUT2D eigenvalue weighted by molar-refractivity contribution is 6.43. The molecule has 1 heterocycles. The van der Waals surface area contributed by atoms with Crippen molar-refractivity contribution in [2.45, 2.75) is 38.7 Å². The summed E-state index contributed by atoms with van der Waals surface area (Å²) in [5.41, 5.74) is 0.351. The van der Waals surface area contributed by atoms with Crippen molar-refractivity contribution in [1.29, 1.82) is 0 Å². The van der Waals surface area contributed by atoms with E-state index in [2.05, 4.69) is 5.32 Å². The lowest BCUT2D eigenvalue weighted by atomic mass is 9.77. The number of amides is 2. The molecule has 0 saturated carbocycles. The minimum Gasteiger partial charge on any atom is -0.496 e. The highest BCUT2D eigenvalue weighted by Gasteiger charge is 2.40. The van der Waals surface area contributed by atoms with Crippen LogP contribution in [0.3, 0.4) is 0 Å². The number of carbonyl (C=O) groups is 2. The third-order valence-electron chi connectivity index (χ3n) is 4.50. The topological polar surface area (TPSA) is 99.1 Å². The number of carbonyl (C=O) groups excluding carboxylic acids is 2. The van der Waals surface area contributed by atoms with Crippen LogP contribution in [0.15, 0.2) is 24.3 Å². The standard InChI is InChI=1S/C17H25BN2O5/c1-11(2)15(17(22)20-10-6-9-14(20)18(23)24)19-16(21)12-7-4-5-8-13(12)25-3/h4-5,7-8,11,14-15,23-24H,6,9-10H2,1-3H3,(H,19,21)/t14?,15-/m1/s1. The second kappa shape index (κ2) is 8.35. The summed E-state index contributed by atoms with van der Waals surface area (Å²) in [6, 6.07) is 6.04. The zero-order valence-corrected chi connectivity index (χ0v) is 14.8. The van der Waals surface area contributed by atoms with Gasteiger partial charge in [-0.3, -0.25) is 9.59 Å². The van der Waals surface area contributed by atoms with Crippen LogP contribution in [-0.4, -0.2) is 59.5 Å². The first-order valence-electron chi connectivity index (χ1n) is 8.47. The Labute approximate surface area is 148 Å². The van der Waals surface area contributed by atoms with E-state index in [-0.39, 0.29) is 11.8 Å². The second-order valence-corrected chi connectivity index (χ2v) is 6.55.